The fourth-order valence-electron chi connectivity index (χ4n) is 3.34. The fraction of sp³-hybridized carbons (Fsp3) is 0.167. The number of pyridine rings is 1. The van der Waals surface area contributed by atoms with Crippen molar-refractivity contribution in [2.24, 2.45) is 0 Å². The summed E-state index contributed by atoms with van der Waals surface area (Å²) in [5, 5.41) is 6.68. The lowest BCUT2D eigenvalue weighted by Gasteiger charge is -2.15. The topological polar surface area (TPSA) is 94.9 Å². The van der Waals surface area contributed by atoms with Gasteiger partial charge in [-0.15, -0.1) is 0 Å². The number of nitrogens with zero attached hydrogens (tertiary/aromatic N) is 1. The first kappa shape index (κ1) is 21.9. The molecule has 0 radical (unpaired) electrons. The van der Waals surface area contributed by atoms with Gasteiger partial charge in [0.2, 0.25) is 5.75 Å². The number of nitrogens with one attached hydrogen (secondary N) is 2. The Kier molecular flexibility index (Phi) is 6.30. The molecule has 2 aromatic heterocycles. The maximum atomic E-state index is 13.1. The summed E-state index contributed by atoms with van der Waals surface area (Å²) in [5.74, 6) is 1.08. The number of fused-ring (bicyclic) bond motifs is 1. The van der Waals surface area contributed by atoms with E-state index in [1.807, 2.05) is 0 Å². The van der Waals surface area contributed by atoms with Crippen LogP contribution < -0.4 is 24.8 Å². The number of methoxy groups -OCH3 is 3. The Morgan fingerprint density at radius 2 is 1.70 bits per heavy atom. The van der Waals surface area contributed by atoms with Gasteiger partial charge in [0, 0.05) is 30.4 Å². The highest BCUT2D eigenvalue weighted by molar-refractivity contribution is 5.99. The van der Waals surface area contributed by atoms with Gasteiger partial charge in [-0.25, -0.2) is 9.37 Å². The number of amides is 1. The predicted octanol–water partition coefficient (Wildman–Crippen LogP) is 4.67. The molecule has 0 unspecified atom stereocenters. The second-order valence-corrected chi connectivity index (χ2v) is 7.04. The number of hydrogen-bond donors (Lipinski definition) is 2. The van der Waals surface area contributed by atoms with Crippen LogP contribution >= 0.6 is 0 Å². The molecule has 0 fully saturated rings. The average Bonchev–Trinajstić information content (AvgIpc) is 3.32. The van der Waals surface area contributed by atoms with E-state index < -0.39 is 5.91 Å². The zero-order valence-corrected chi connectivity index (χ0v) is 18.3. The third-order valence-electron chi connectivity index (χ3n) is 4.98. The minimum atomic E-state index is -0.398. The largest absolute Gasteiger partial charge is 0.493 e. The van der Waals surface area contributed by atoms with Crippen LogP contribution in [0, 0.1) is 5.82 Å². The third-order valence-corrected chi connectivity index (χ3v) is 4.98. The van der Waals surface area contributed by atoms with Gasteiger partial charge in [0.05, 0.1) is 33.0 Å². The summed E-state index contributed by atoms with van der Waals surface area (Å²) >= 11 is 0. The fourth-order valence-corrected chi connectivity index (χ4v) is 3.34. The number of halogens is 1. The Balaban J connectivity index is 1.63. The summed E-state index contributed by atoms with van der Waals surface area (Å²) in [6.45, 7) is 0.229. The van der Waals surface area contributed by atoms with E-state index in [4.69, 9.17) is 18.6 Å². The van der Waals surface area contributed by atoms with Crippen LogP contribution in [-0.2, 0) is 6.54 Å². The number of hydrogen-bond acceptors (Lipinski definition) is 7. The number of benzene rings is 2. The van der Waals surface area contributed by atoms with Crippen molar-refractivity contribution in [1.82, 2.24) is 10.3 Å². The smallest absolute Gasteiger partial charge is 0.270 e. The summed E-state index contributed by atoms with van der Waals surface area (Å²) in [6.07, 6.45) is 1.52. The van der Waals surface area contributed by atoms with Gasteiger partial charge in [-0.3, -0.25) is 4.79 Å². The standard InChI is InChI=1S/C24H22FN3O5/c1-30-20-10-16(11-21(31-2)22(20)32-3)27-23-17-8-9-33-19(17)12-18(28-23)24(29)26-13-14-4-6-15(25)7-5-14/h4-12H,13H2,1-3H3,(H,26,29)(H,27,28). The van der Waals surface area contributed by atoms with Gasteiger partial charge in [-0.2, -0.15) is 0 Å². The van der Waals surface area contributed by atoms with Crippen molar-refractivity contribution in [2.75, 3.05) is 26.6 Å². The predicted molar refractivity (Wildman–Crippen MR) is 121 cm³/mol. The van der Waals surface area contributed by atoms with E-state index in [0.29, 0.717) is 39.7 Å². The Morgan fingerprint density at radius 3 is 2.33 bits per heavy atom. The van der Waals surface area contributed by atoms with Crippen molar-refractivity contribution in [3.05, 3.63) is 71.9 Å². The second kappa shape index (κ2) is 9.47. The molecule has 0 aliphatic carbocycles. The molecule has 2 N–H and O–H groups in total. The first-order valence-corrected chi connectivity index (χ1v) is 10.00. The van der Waals surface area contributed by atoms with Gasteiger partial charge in [0.15, 0.2) is 11.5 Å². The number of ether oxygens (including phenoxy) is 3. The van der Waals surface area contributed by atoms with Gasteiger partial charge >= 0.3 is 0 Å². The highest BCUT2D eigenvalue weighted by Crippen LogP contribution is 2.41. The van der Waals surface area contributed by atoms with Gasteiger partial charge < -0.3 is 29.3 Å². The summed E-state index contributed by atoms with van der Waals surface area (Å²) in [6, 6.07) is 12.7. The van der Waals surface area contributed by atoms with Crippen molar-refractivity contribution in [1.29, 1.82) is 0 Å². The first-order valence-electron chi connectivity index (χ1n) is 10.00. The number of anilines is 2. The zero-order chi connectivity index (χ0) is 23.4. The number of carbonyl (C=O) groups is 1. The average molecular weight is 451 g/mol. The van der Waals surface area contributed by atoms with E-state index in [1.54, 1.807) is 36.4 Å². The van der Waals surface area contributed by atoms with Crippen LogP contribution in [0.4, 0.5) is 15.9 Å². The molecule has 1 amide bonds. The molecule has 170 valence electrons. The third kappa shape index (κ3) is 4.67. The van der Waals surface area contributed by atoms with Crippen LogP contribution in [0.2, 0.25) is 0 Å². The molecule has 0 spiro atoms. The first-order chi connectivity index (χ1) is 16.0. The molecule has 0 saturated heterocycles. The minimum Gasteiger partial charge on any atom is -0.493 e. The minimum absolute atomic E-state index is 0.162. The molecular formula is C24H22FN3O5. The Morgan fingerprint density at radius 1 is 1.00 bits per heavy atom. The highest BCUT2D eigenvalue weighted by atomic mass is 19.1. The van der Waals surface area contributed by atoms with E-state index in [-0.39, 0.29) is 18.1 Å². The molecule has 9 heteroatoms. The van der Waals surface area contributed by atoms with Crippen LogP contribution in [0.5, 0.6) is 17.2 Å². The number of aromatic nitrogens is 1. The molecule has 0 aliphatic rings. The van der Waals surface area contributed by atoms with Crippen LogP contribution in [0.25, 0.3) is 11.0 Å². The molecule has 33 heavy (non-hydrogen) atoms. The molecule has 4 aromatic rings. The molecule has 0 saturated carbocycles. The quantitative estimate of drug-likeness (QED) is 0.402. The van der Waals surface area contributed by atoms with Crippen LogP contribution in [-0.4, -0.2) is 32.2 Å². The number of carbonyl (C=O) groups excluding carboxylic acids is 1. The SMILES string of the molecule is COc1cc(Nc2nc(C(=O)NCc3ccc(F)cc3)cc3occc23)cc(OC)c1OC. The Labute approximate surface area is 189 Å². The van der Waals surface area contributed by atoms with E-state index in [0.717, 1.165) is 5.56 Å². The van der Waals surface area contributed by atoms with Gasteiger partial charge in [0.1, 0.15) is 22.9 Å². The van der Waals surface area contributed by atoms with Crippen molar-refractivity contribution >= 4 is 28.4 Å². The van der Waals surface area contributed by atoms with Crippen LogP contribution in [0.3, 0.4) is 0 Å². The maximum absolute atomic E-state index is 13.1. The molecule has 2 aromatic carbocycles. The molecule has 4 rings (SSSR count). The lowest BCUT2D eigenvalue weighted by Crippen LogP contribution is -2.24. The second-order valence-electron chi connectivity index (χ2n) is 7.04. The number of rotatable bonds is 8. The van der Waals surface area contributed by atoms with Crippen molar-refractivity contribution in [2.45, 2.75) is 6.54 Å². The Bertz CT molecular complexity index is 1260. The molecule has 8 nitrogen and oxygen atoms in total. The van der Waals surface area contributed by atoms with Crippen molar-refractivity contribution < 1.29 is 27.8 Å². The Hall–Kier alpha value is -4.27. The highest BCUT2D eigenvalue weighted by Gasteiger charge is 2.17. The van der Waals surface area contributed by atoms with Crippen molar-refractivity contribution in [3.63, 3.8) is 0 Å². The van der Waals surface area contributed by atoms with Gasteiger partial charge in [0.25, 0.3) is 5.91 Å². The van der Waals surface area contributed by atoms with E-state index in [1.165, 1.54) is 39.7 Å². The number of furan rings is 1. The van der Waals surface area contributed by atoms with Gasteiger partial charge in [-0.05, 0) is 23.8 Å². The normalized spacial score (nSPS) is 10.7. The summed E-state index contributed by atoms with van der Waals surface area (Å²) in [4.78, 5) is 17.3. The van der Waals surface area contributed by atoms with Gasteiger partial charge in [-0.1, -0.05) is 12.1 Å². The van der Waals surface area contributed by atoms with E-state index in [2.05, 4.69) is 15.6 Å². The molecular weight excluding hydrogens is 429 g/mol. The lowest BCUT2D eigenvalue weighted by molar-refractivity contribution is 0.0946. The molecule has 0 atom stereocenters. The summed E-state index contributed by atoms with van der Waals surface area (Å²) in [5.41, 5.74) is 2.03. The van der Waals surface area contributed by atoms with E-state index >= 15 is 0 Å². The van der Waals surface area contributed by atoms with Crippen molar-refractivity contribution in [3.8, 4) is 17.2 Å². The molecule has 2 heterocycles. The summed E-state index contributed by atoms with van der Waals surface area (Å²) in [7, 11) is 4.58. The molecule has 0 bridgehead atoms. The van der Waals surface area contributed by atoms with Crippen LogP contribution in [0.15, 0.2) is 59.2 Å². The molecule has 0 aliphatic heterocycles. The summed E-state index contributed by atoms with van der Waals surface area (Å²) < 4.78 is 34.8. The maximum Gasteiger partial charge on any atom is 0.270 e. The van der Waals surface area contributed by atoms with Crippen LogP contribution in [0.1, 0.15) is 16.1 Å². The lowest BCUT2D eigenvalue weighted by atomic mass is 10.2. The zero-order valence-electron chi connectivity index (χ0n) is 18.3. The monoisotopic (exact) mass is 451 g/mol. The van der Waals surface area contributed by atoms with E-state index in [9.17, 15) is 9.18 Å².